The highest BCUT2D eigenvalue weighted by atomic mass is 32.2. The van der Waals surface area contributed by atoms with E-state index in [-0.39, 0.29) is 30.1 Å². The second-order valence-corrected chi connectivity index (χ2v) is 7.69. The quantitative estimate of drug-likeness (QED) is 0.790. The number of rotatable bonds is 6. The Morgan fingerprint density at radius 1 is 1.39 bits per heavy atom. The van der Waals surface area contributed by atoms with Gasteiger partial charge in [0.1, 0.15) is 11.6 Å². The van der Waals surface area contributed by atoms with Gasteiger partial charge >= 0.3 is 0 Å². The zero-order chi connectivity index (χ0) is 17.2. The number of carbonyl (C=O) groups is 1. The third-order valence-corrected chi connectivity index (χ3v) is 5.39. The topological polar surface area (TPSA) is 120 Å². The lowest BCUT2D eigenvalue weighted by atomic mass is 9.99. The van der Waals surface area contributed by atoms with E-state index in [4.69, 9.17) is 5.26 Å². The highest BCUT2D eigenvalue weighted by Gasteiger charge is 2.28. The summed E-state index contributed by atoms with van der Waals surface area (Å²) in [6, 6.07) is 1.85. The molecule has 1 aromatic rings. The molecule has 1 aliphatic rings. The van der Waals surface area contributed by atoms with Gasteiger partial charge in [-0.15, -0.1) is 0 Å². The van der Waals surface area contributed by atoms with Crippen molar-refractivity contribution in [3.05, 3.63) is 32.7 Å². The summed E-state index contributed by atoms with van der Waals surface area (Å²) in [6.07, 6.45) is 2.01. The Bertz CT molecular complexity index is 830. The van der Waals surface area contributed by atoms with Crippen molar-refractivity contribution < 1.29 is 13.2 Å². The first-order valence-electron chi connectivity index (χ1n) is 7.39. The average Bonchev–Trinajstić information content (AvgIpc) is 3.20. The number of hydrogen-bond acceptors (Lipinski definition) is 5. The van der Waals surface area contributed by atoms with Crippen molar-refractivity contribution in [1.29, 1.82) is 5.26 Å². The van der Waals surface area contributed by atoms with E-state index in [1.807, 2.05) is 6.07 Å². The molecule has 1 aliphatic carbocycles. The number of hydrogen-bond donors (Lipinski definition) is 2. The van der Waals surface area contributed by atoms with Crippen molar-refractivity contribution in [2.45, 2.75) is 39.5 Å². The van der Waals surface area contributed by atoms with Crippen LogP contribution in [0.3, 0.4) is 0 Å². The van der Waals surface area contributed by atoms with Crippen LogP contribution in [0, 0.1) is 31.1 Å². The Kier molecular flexibility index (Phi) is 4.90. The van der Waals surface area contributed by atoms with Gasteiger partial charge in [-0.3, -0.25) is 14.3 Å². The van der Waals surface area contributed by atoms with E-state index in [0.29, 0.717) is 16.8 Å². The van der Waals surface area contributed by atoms with Crippen LogP contribution in [0.1, 0.15) is 41.6 Å². The minimum Gasteiger partial charge on any atom is -0.325 e. The number of amides is 1. The van der Waals surface area contributed by atoms with Gasteiger partial charge in [0.05, 0.1) is 5.75 Å². The first kappa shape index (κ1) is 17.2. The molecule has 0 aliphatic heterocycles. The molecule has 124 valence electrons. The Morgan fingerprint density at radius 2 is 2.04 bits per heavy atom. The zero-order valence-corrected chi connectivity index (χ0v) is 13.9. The molecule has 1 heterocycles. The van der Waals surface area contributed by atoms with Gasteiger partial charge in [-0.05, 0) is 50.2 Å². The predicted molar refractivity (Wildman–Crippen MR) is 84.2 cm³/mol. The number of nitriles is 1. The van der Waals surface area contributed by atoms with Crippen LogP contribution in [0.2, 0.25) is 0 Å². The molecule has 0 atom stereocenters. The summed E-state index contributed by atoms with van der Waals surface area (Å²) in [5.74, 6) is -0.412. The molecule has 2 N–H and O–H groups in total. The minimum atomic E-state index is -3.57. The number of nitrogens with one attached hydrogen (secondary N) is 2. The number of aryl methyl sites for hydroxylation is 1. The molecule has 7 nitrogen and oxygen atoms in total. The van der Waals surface area contributed by atoms with E-state index in [1.165, 1.54) is 0 Å². The Morgan fingerprint density at radius 3 is 2.61 bits per heavy atom. The summed E-state index contributed by atoms with van der Waals surface area (Å²) in [6.45, 7) is 3.34. The monoisotopic (exact) mass is 337 g/mol. The van der Waals surface area contributed by atoms with Crippen LogP contribution in [0.5, 0.6) is 0 Å². The third kappa shape index (κ3) is 4.42. The number of sulfonamides is 1. The zero-order valence-electron chi connectivity index (χ0n) is 13.1. The Balaban J connectivity index is 2.05. The van der Waals surface area contributed by atoms with E-state index in [1.54, 1.807) is 13.8 Å². The maximum atomic E-state index is 11.9. The van der Waals surface area contributed by atoms with Gasteiger partial charge in [-0.25, -0.2) is 8.42 Å². The maximum absolute atomic E-state index is 11.9. The normalized spacial score (nSPS) is 14.3. The Labute approximate surface area is 134 Å². The van der Waals surface area contributed by atoms with Crippen LogP contribution in [-0.4, -0.2) is 25.1 Å². The first-order valence-corrected chi connectivity index (χ1v) is 9.04. The van der Waals surface area contributed by atoms with Gasteiger partial charge in [0, 0.05) is 12.1 Å². The fourth-order valence-corrected chi connectivity index (χ4v) is 4.01. The van der Waals surface area contributed by atoms with Crippen LogP contribution in [-0.2, 0) is 21.2 Å². The molecule has 0 spiro atoms. The van der Waals surface area contributed by atoms with E-state index in [0.717, 1.165) is 12.8 Å². The molecule has 0 saturated heterocycles. The Hall–Kier alpha value is -2.14. The molecule has 1 saturated carbocycles. The van der Waals surface area contributed by atoms with Crippen molar-refractivity contribution in [1.82, 2.24) is 9.71 Å². The maximum Gasteiger partial charge on any atom is 0.266 e. The van der Waals surface area contributed by atoms with Crippen LogP contribution < -0.4 is 10.3 Å². The van der Waals surface area contributed by atoms with Crippen LogP contribution in [0.25, 0.3) is 0 Å². The number of aromatic amines is 1. The van der Waals surface area contributed by atoms with Crippen molar-refractivity contribution in [2.75, 3.05) is 5.75 Å². The molecule has 0 aromatic carbocycles. The van der Waals surface area contributed by atoms with Crippen molar-refractivity contribution in [2.24, 2.45) is 5.92 Å². The number of nitrogens with zero attached hydrogens (tertiary/aromatic N) is 1. The molecule has 1 aromatic heterocycles. The van der Waals surface area contributed by atoms with Crippen molar-refractivity contribution >= 4 is 15.9 Å². The van der Waals surface area contributed by atoms with Crippen molar-refractivity contribution in [3.63, 3.8) is 0 Å². The second-order valence-electron chi connectivity index (χ2n) is 5.92. The highest BCUT2D eigenvalue weighted by molar-refractivity contribution is 7.90. The predicted octanol–water partition coefficient (Wildman–Crippen LogP) is 0.652. The molecule has 0 unspecified atom stereocenters. The molecule has 1 amide bonds. The molecule has 2 rings (SSSR count). The molecule has 8 heteroatoms. The fourth-order valence-electron chi connectivity index (χ4n) is 2.52. The summed E-state index contributed by atoms with van der Waals surface area (Å²) in [5, 5.41) is 9.01. The lowest BCUT2D eigenvalue weighted by molar-refractivity contribution is -0.119. The summed E-state index contributed by atoms with van der Waals surface area (Å²) in [4.78, 5) is 26.1. The third-order valence-electron chi connectivity index (χ3n) is 3.94. The average molecular weight is 337 g/mol. The van der Waals surface area contributed by atoms with Gasteiger partial charge in [0.25, 0.3) is 5.56 Å². The van der Waals surface area contributed by atoms with Gasteiger partial charge < -0.3 is 4.98 Å². The van der Waals surface area contributed by atoms with Gasteiger partial charge in [0.15, 0.2) is 0 Å². The number of H-pyrrole nitrogens is 1. The first-order chi connectivity index (χ1) is 10.7. The highest BCUT2D eigenvalue weighted by Crippen LogP contribution is 2.29. The van der Waals surface area contributed by atoms with Crippen molar-refractivity contribution in [3.8, 4) is 6.07 Å². The summed E-state index contributed by atoms with van der Waals surface area (Å²) in [5.41, 5.74) is 1.37. The molecule has 1 fully saturated rings. The van der Waals surface area contributed by atoms with E-state index in [9.17, 15) is 18.0 Å². The molecule has 0 bridgehead atoms. The molecular weight excluding hydrogens is 318 g/mol. The summed E-state index contributed by atoms with van der Waals surface area (Å²) < 4.78 is 25.6. The van der Waals surface area contributed by atoms with Gasteiger partial charge in [-0.2, -0.15) is 5.26 Å². The number of pyridine rings is 1. The molecule has 23 heavy (non-hydrogen) atoms. The largest absolute Gasteiger partial charge is 0.325 e. The standard InChI is InChI=1S/C15H19N3O4S/c1-9-12(10(2)17-15(20)13(9)7-16)5-6-14(19)18-23(21,22)8-11-3-4-11/h11H,3-6,8H2,1-2H3,(H,17,20)(H,18,19). The van der Waals surface area contributed by atoms with E-state index >= 15 is 0 Å². The lowest BCUT2D eigenvalue weighted by Crippen LogP contribution is -2.33. The molecule has 0 radical (unpaired) electrons. The fraction of sp³-hybridized carbons (Fsp3) is 0.533. The number of aromatic nitrogens is 1. The number of carbonyl (C=O) groups excluding carboxylic acids is 1. The second kappa shape index (κ2) is 6.54. The molecular formula is C15H19N3O4S. The minimum absolute atomic E-state index is 0.00592. The van der Waals surface area contributed by atoms with E-state index < -0.39 is 21.5 Å². The summed E-state index contributed by atoms with van der Waals surface area (Å²) in [7, 11) is -3.57. The summed E-state index contributed by atoms with van der Waals surface area (Å²) >= 11 is 0. The van der Waals surface area contributed by atoms with Gasteiger partial charge in [-0.1, -0.05) is 0 Å². The lowest BCUT2D eigenvalue weighted by Gasteiger charge is -2.11. The van der Waals surface area contributed by atoms with Crippen LogP contribution in [0.4, 0.5) is 0 Å². The van der Waals surface area contributed by atoms with Gasteiger partial charge in [0.2, 0.25) is 15.9 Å². The van der Waals surface area contributed by atoms with Crippen LogP contribution in [0.15, 0.2) is 4.79 Å². The van der Waals surface area contributed by atoms with E-state index in [2.05, 4.69) is 9.71 Å². The van der Waals surface area contributed by atoms with Crippen LogP contribution >= 0.6 is 0 Å². The smallest absolute Gasteiger partial charge is 0.266 e. The SMILES string of the molecule is Cc1[nH]c(=O)c(C#N)c(C)c1CCC(=O)NS(=O)(=O)CC1CC1.